The lowest BCUT2D eigenvalue weighted by Gasteiger charge is -2.41. The molecule has 2 aromatic rings. The van der Waals surface area contributed by atoms with Crippen molar-refractivity contribution in [3.05, 3.63) is 42.1 Å². The van der Waals surface area contributed by atoms with Gasteiger partial charge in [0.1, 0.15) is 29.0 Å². The number of rotatable bonds is 11. The lowest BCUT2D eigenvalue weighted by atomic mass is 9.83. The molecule has 2 amide bonds. The fourth-order valence-electron chi connectivity index (χ4n) is 6.42. The number of fused-ring (bicyclic) bond motifs is 3. The van der Waals surface area contributed by atoms with Crippen molar-refractivity contribution in [3.8, 4) is 11.5 Å². The van der Waals surface area contributed by atoms with Crippen molar-refractivity contribution in [2.45, 2.75) is 115 Å². The summed E-state index contributed by atoms with van der Waals surface area (Å²) < 4.78 is 55.4. The van der Waals surface area contributed by atoms with Gasteiger partial charge in [-0.15, -0.1) is 6.58 Å². The van der Waals surface area contributed by atoms with Crippen LogP contribution >= 0.6 is 0 Å². The van der Waals surface area contributed by atoms with Gasteiger partial charge in [0.15, 0.2) is 5.75 Å². The van der Waals surface area contributed by atoms with Crippen LogP contribution in [0.2, 0.25) is 0 Å². The molecule has 2 aliphatic heterocycles. The Hall–Kier alpha value is -3.96. The van der Waals surface area contributed by atoms with E-state index in [4.69, 9.17) is 23.9 Å². The minimum Gasteiger partial charge on any atom is -0.497 e. The van der Waals surface area contributed by atoms with E-state index in [0.717, 1.165) is 19.3 Å². The number of esters is 1. The number of nitrogens with one attached hydrogen (secondary N) is 1. The van der Waals surface area contributed by atoms with Gasteiger partial charge in [-0.2, -0.15) is 0 Å². The summed E-state index contributed by atoms with van der Waals surface area (Å²) in [6.07, 6.45) is 3.26. The zero-order valence-electron chi connectivity index (χ0n) is 28.4. The van der Waals surface area contributed by atoms with Gasteiger partial charge in [0.2, 0.25) is 5.91 Å². The minimum atomic E-state index is -3.41. The average Bonchev–Trinajstić information content (AvgIpc) is 3.34. The Morgan fingerprint density at radius 1 is 1.19 bits per heavy atom. The molecule has 4 rings (SSSR count). The van der Waals surface area contributed by atoms with E-state index < -0.39 is 53.6 Å². The number of alkyl carbamates (subject to hydrolysis) is 1. The monoisotopic (exact) mass is 659 g/mol. The number of carbonyl (C=O) groups excluding carboxylic acids is 3. The molecule has 258 valence electrons. The molecule has 1 fully saturated rings. The van der Waals surface area contributed by atoms with Crippen LogP contribution in [-0.2, 0) is 25.0 Å². The predicted octanol–water partition coefficient (Wildman–Crippen LogP) is 6.78. The summed E-state index contributed by atoms with van der Waals surface area (Å²) >= 11 is 0. The number of alkyl halides is 2. The molecule has 12 heteroatoms. The molecule has 2 aliphatic rings. The van der Waals surface area contributed by atoms with Crippen LogP contribution in [0.5, 0.6) is 11.5 Å². The highest BCUT2D eigenvalue weighted by atomic mass is 19.3. The third-order valence-corrected chi connectivity index (χ3v) is 8.50. The molecule has 1 spiro atoms. The van der Waals surface area contributed by atoms with Gasteiger partial charge in [0.25, 0.3) is 5.92 Å². The Bertz CT molecular complexity index is 1510. The second-order valence-corrected chi connectivity index (χ2v) is 13.7. The number of methoxy groups -OCH3 is 2. The van der Waals surface area contributed by atoms with E-state index in [-0.39, 0.29) is 42.0 Å². The molecule has 10 nitrogen and oxygen atoms in total. The smallest absolute Gasteiger partial charge is 0.408 e. The van der Waals surface area contributed by atoms with Crippen LogP contribution in [0.4, 0.5) is 13.6 Å². The van der Waals surface area contributed by atoms with Gasteiger partial charge in [-0.3, -0.25) is 4.79 Å². The first-order chi connectivity index (χ1) is 22.0. The zero-order chi connectivity index (χ0) is 34.7. The van der Waals surface area contributed by atoms with Crippen molar-refractivity contribution in [2.24, 2.45) is 0 Å². The van der Waals surface area contributed by atoms with Crippen molar-refractivity contribution in [2.75, 3.05) is 20.8 Å². The minimum absolute atomic E-state index is 0.0550. The Balaban J connectivity index is 1.74. The fourth-order valence-corrected chi connectivity index (χ4v) is 6.42. The average molecular weight is 660 g/mol. The number of nitrogens with zero attached hydrogens (tertiary/aromatic N) is 2. The third-order valence-electron chi connectivity index (χ3n) is 8.50. The number of likely N-dealkylation sites (tertiary alicyclic amines) is 1. The molecular weight excluding hydrogens is 612 g/mol. The normalized spacial score (nSPS) is 20.8. The van der Waals surface area contributed by atoms with Gasteiger partial charge >= 0.3 is 12.1 Å². The number of halogens is 2. The SMILES string of the molecule is C=CCCCCC[C@H](NC(=O)OC(C)(C)C)C(=O)N1C[C@]2(C[C@H]1C(=O)OC)CC(F)(F)c1c(c(C(C)C)nc3ccc(OC)cc13)O2. The summed E-state index contributed by atoms with van der Waals surface area (Å²) in [5, 5.41) is 2.87. The van der Waals surface area contributed by atoms with Crippen molar-refractivity contribution in [3.63, 3.8) is 0 Å². The van der Waals surface area contributed by atoms with E-state index >= 15 is 8.78 Å². The summed E-state index contributed by atoms with van der Waals surface area (Å²) in [7, 11) is 2.63. The zero-order valence-corrected chi connectivity index (χ0v) is 28.4. The summed E-state index contributed by atoms with van der Waals surface area (Å²) in [5.41, 5.74) is -2.02. The molecule has 0 unspecified atom stereocenters. The van der Waals surface area contributed by atoms with Crippen LogP contribution < -0.4 is 14.8 Å². The third kappa shape index (κ3) is 7.96. The largest absolute Gasteiger partial charge is 0.497 e. The molecule has 1 N–H and O–H groups in total. The maximum absolute atomic E-state index is 16.5. The van der Waals surface area contributed by atoms with Crippen LogP contribution in [0.25, 0.3) is 10.9 Å². The molecule has 3 heterocycles. The highest BCUT2D eigenvalue weighted by molar-refractivity contribution is 5.91. The van der Waals surface area contributed by atoms with Crippen molar-refractivity contribution in [1.82, 2.24) is 15.2 Å². The number of amides is 2. The summed E-state index contributed by atoms with van der Waals surface area (Å²) in [6, 6.07) is 2.53. The number of ether oxygens (including phenoxy) is 4. The summed E-state index contributed by atoms with van der Waals surface area (Å²) in [4.78, 5) is 46.1. The molecule has 0 radical (unpaired) electrons. The first kappa shape index (κ1) is 35.9. The Labute approximate surface area is 275 Å². The number of hydrogen-bond donors (Lipinski definition) is 1. The van der Waals surface area contributed by atoms with Gasteiger partial charge < -0.3 is 29.2 Å². The van der Waals surface area contributed by atoms with Gasteiger partial charge in [0, 0.05) is 11.8 Å². The van der Waals surface area contributed by atoms with E-state index in [0.29, 0.717) is 23.4 Å². The predicted molar refractivity (Wildman–Crippen MR) is 173 cm³/mol. The van der Waals surface area contributed by atoms with E-state index in [1.807, 2.05) is 19.9 Å². The van der Waals surface area contributed by atoms with Crippen LogP contribution in [0.15, 0.2) is 30.9 Å². The highest BCUT2D eigenvalue weighted by Crippen LogP contribution is 2.55. The number of aromatic nitrogens is 1. The maximum atomic E-state index is 16.5. The quantitative estimate of drug-likeness (QED) is 0.159. The van der Waals surface area contributed by atoms with Crippen LogP contribution in [-0.4, -0.2) is 71.9 Å². The second-order valence-electron chi connectivity index (χ2n) is 13.7. The van der Waals surface area contributed by atoms with E-state index in [2.05, 4.69) is 11.9 Å². The number of benzene rings is 1. The maximum Gasteiger partial charge on any atom is 0.408 e. The number of pyridine rings is 1. The summed E-state index contributed by atoms with van der Waals surface area (Å²) in [6.45, 7) is 12.2. The molecule has 0 bridgehead atoms. The molecular formula is C35H47F2N3O7. The first-order valence-corrected chi connectivity index (χ1v) is 16.1. The molecule has 1 aromatic heterocycles. The lowest BCUT2D eigenvalue weighted by Crippen LogP contribution is -2.54. The number of allylic oxidation sites excluding steroid dienone is 1. The molecule has 0 saturated carbocycles. The first-order valence-electron chi connectivity index (χ1n) is 16.1. The fraction of sp³-hybridized carbons (Fsp3) is 0.600. The number of carbonyl (C=O) groups is 3. The standard InChI is InChI=1S/C35H47F2N3O7/c1-9-10-11-12-13-14-25(39-32(43)47-33(4,5)6)30(41)40-20-34(18-26(40)31(42)45-8)19-35(36,37)27-23-17-22(44-7)15-16-24(23)38-28(21(2)3)29(27)46-34/h9,15-17,21,25-26H,1,10-14,18-20H2,2-8H3,(H,39,43)/t25-,26-,34-/m0/s1. The van der Waals surface area contributed by atoms with Gasteiger partial charge in [0.05, 0.1) is 44.0 Å². The van der Waals surface area contributed by atoms with Gasteiger partial charge in [-0.25, -0.2) is 23.4 Å². The Morgan fingerprint density at radius 3 is 2.53 bits per heavy atom. The molecule has 0 aliphatic carbocycles. The topological polar surface area (TPSA) is 116 Å². The number of hydrogen-bond acceptors (Lipinski definition) is 8. The van der Waals surface area contributed by atoms with Crippen molar-refractivity contribution in [1.29, 1.82) is 0 Å². The van der Waals surface area contributed by atoms with Gasteiger partial charge in [-0.05, 0) is 64.2 Å². The summed E-state index contributed by atoms with van der Waals surface area (Å²) in [5.74, 6) is -4.72. The van der Waals surface area contributed by atoms with E-state index in [1.54, 1.807) is 32.9 Å². The molecule has 47 heavy (non-hydrogen) atoms. The number of unbranched alkanes of at least 4 members (excludes halogenated alkanes) is 3. The second kappa shape index (κ2) is 14.0. The Kier molecular flexibility index (Phi) is 10.7. The van der Waals surface area contributed by atoms with E-state index in [9.17, 15) is 14.4 Å². The Morgan fingerprint density at radius 2 is 1.91 bits per heavy atom. The van der Waals surface area contributed by atoms with E-state index in [1.165, 1.54) is 25.2 Å². The molecule has 1 aromatic carbocycles. The van der Waals surface area contributed by atoms with Crippen molar-refractivity contribution < 1.29 is 42.1 Å². The van der Waals surface area contributed by atoms with Crippen molar-refractivity contribution >= 4 is 28.9 Å². The van der Waals surface area contributed by atoms with Crippen LogP contribution in [0.1, 0.15) is 96.7 Å². The molecule has 3 atom stereocenters. The van der Waals surface area contributed by atoms with Crippen LogP contribution in [0.3, 0.4) is 0 Å². The van der Waals surface area contributed by atoms with Crippen LogP contribution in [0, 0.1) is 0 Å². The molecule has 1 saturated heterocycles. The highest BCUT2D eigenvalue weighted by Gasteiger charge is 2.60. The van der Waals surface area contributed by atoms with Gasteiger partial charge in [-0.1, -0.05) is 32.8 Å². The lowest BCUT2D eigenvalue weighted by molar-refractivity contribution is -0.151.